The van der Waals surface area contributed by atoms with Crippen molar-refractivity contribution in [2.24, 2.45) is 11.7 Å². The van der Waals surface area contributed by atoms with Crippen LogP contribution < -0.4 is 67.8 Å². The molecule has 0 radical (unpaired) electrons. The fraction of sp³-hybridized carbons (Fsp3) is 0.529. The second-order valence-electron chi connectivity index (χ2n) is 33.7. The van der Waals surface area contributed by atoms with Gasteiger partial charge in [-0.05, 0) is 129 Å². The van der Waals surface area contributed by atoms with Gasteiger partial charge >= 0.3 is 21.2 Å². The van der Waals surface area contributed by atoms with Crippen LogP contribution in [0.2, 0.25) is 10.0 Å². The summed E-state index contributed by atoms with van der Waals surface area (Å²) >= 11 is 14.4. The zero-order valence-corrected chi connectivity index (χ0v) is 76.0. The molecule has 11 bridgehead atoms. The average molecular weight is 1930 g/mol. The quantitative estimate of drug-likeness (QED) is 0.0157. The lowest BCUT2D eigenvalue weighted by atomic mass is 9.85. The number of carboxylic acid groups (broad SMARTS) is 1. The van der Waals surface area contributed by atoms with Crippen molar-refractivity contribution in [3.63, 3.8) is 0 Å². The minimum absolute atomic E-state index is 0.0948. The van der Waals surface area contributed by atoms with Crippen molar-refractivity contribution in [2.45, 2.75) is 239 Å². The van der Waals surface area contributed by atoms with Crippen LogP contribution in [0, 0.1) is 5.92 Å². The number of unbranched alkanes of at least 4 members (excludes halogenated alkanes) is 7. The molecule has 25 N–H and O–H groups in total. The van der Waals surface area contributed by atoms with Crippen LogP contribution in [0.15, 0.2) is 72.8 Å². The Labute approximate surface area is 767 Å². The number of aldehydes is 1. The molecule has 2 saturated heterocycles. The summed E-state index contributed by atoms with van der Waals surface area (Å²) in [6.45, 7) is 7.42. The Morgan fingerprint density at radius 3 is 1.89 bits per heavy atom. The van der Waals surface area contributed by atoms with E-state index in [1.807, 2.05) is 0 Å². The predicted octanol–water partition coefficient (Wildman–Crippen LogP) is 2.46. The number of halogens is 2. The lowest BCUT2D eigenvalue weighted by Crippen LogP contribution is -2.65. The number of carbonyl (C=O) groups excluding carboxylic acids is 9. The van der Waals surface area contributed by atoms with Crippen LogP contribution in [0.4, 0.5) is 0 Å². The van der Waals surface area contributed by atoms with Crippen LogP contribution >= 0.6 is 38.4 Å². The number of benzene rings is 5. The Morgan fingerprint density at radius 2 is 1.30 bits per heavy atom. The van der Waals surface area contributed by atoms with E-state index in [1.165, 1.54) is 32.4 Å². The third-order valence-electron chi connectivity index (χ3n) is 23.4. The maximum atomic E-state index is 16.5. The summed E-state index contributed by atoms with van der Waals surface area (Å²) in [5.74, 6) is -19.8. The molecule has 0 saturated carbocycles. The Balaban J connectivity index is 1.17. The van der Waals surface area contributed by atoms with Gasteiger partial charge in [-0.15, -0.1) is 0 Å². The second kappa shape index (κ2) is 45.5. The zero-order valence-electron chi connectivity index (χ0n) is 72.7. The molecular formula is C85H113Cl2N11O32P2. The molecule has 132 heavy (non-hydrogen) atoms. The Hall–Kier alpha value is -9.80. The van der Waals surface area contributed by atoms with E-state index in [0.717, 1.165) is 99.3 Å². The lowest BCUT2D eigenvalue weighted by molar-refractivity contribution is -0.334. The summed E-state index contributed by atoms with van der Waals surface area (Å²) in [5.41, 5.74) is -0.507. The molecule has 12 rings (SSSR count). The van der Waals surface area contributed by atoms with Crippen molar-refractivity contribution in [1.82, 2.24) is 52.8 Å². The topological polar surface area (TPSA) is 681 Å². The van der Waals surface area contributed by atoms with Gasteiger partial charge in [0.15, 0.2) is 35.3 Å². The molecule has 5 aromatic carbocycles. The van der Waals surface area contributed by atoms with E-state index in [2.05, 4.69) is 54.8 Å². The van der Waals surface area contributed by atoms with E-state index < -0.39 is 317 Å². The van der Waals surface area contributed by atoms with Crippen molar-refractivity contribution in [3.8, 4) is 57.1 Å². The Morgan fingerprint density at radius 1 is 0.705 bits per heavy atom. The number of aliphatic hydroxyl groups excluding tert-OH is 6. The Bertz CT molecular complexity index is 5130. The van der Waals surface area contributed by atoms with Gasteiger partial charge in [-0.1, -0.05) is 107 Å². The number of aliphatic hydroxyl groups is 6. The number of nitrogens with zero attached hydrogens (tertiary/aromatic N) is 1. The first-order valence-electron chi connectivity index (χ1n) is 42.8. The number of hydrogen-bond acceptors (Lipinski definition) is 30. The number of nitrogens with one attached hydrogen (secondary N) is 9. The molecule has 15 unspecified atom stereocenters. The number of fused-ring (bicyclic) bond motifs is 15. The molecule has 7 aliphatic heterocycles. The summed E-state index contributed by atoms with van der Waals surface area (Å²) < 4.78 is 63.9. The fourth-order valence-electron chi connectivity index (χ4n) is 16.3. The van der Waals surface area contributed by atoms with Crippen LogP contribution in [0.1, 0.15) is 182 Å². The van der Waals surface area contributed by atoms with Crippen LogP contribution in [0.5, 0.6) is 46.0 Å². The minimum Gasteiger partial charge on any atom is -0.507 e. The van der Waals surface area contributed by atoms with E-state index in [1.54, 1.807) is 27.7 Å². The van der Waals surface area contributed by atoms with Gasteiger partial charge in [0.1, 0.15) is 95.8 Å². The van der Waals surface area contributed by atoms with Crippen LogP contribution in [0.25, 0.3) is 11.1 Å². The highest BCUT2D eigenvalue weighted by molar-refractivity contribution is 7.70. The highest BCUT2D eigenvalue weighted by atomic mass is 35.5. The van der Waals surface area contributed by atoms with Crippen LogP contribution in [0.3, 0.4) is 0 Å². The number of rotatable bonds is 35. The van der Waals surface area contributed by atoms with Crippen molar-refractivity contribution in [1.29, 1.82) is 0 Å². The van der Waals surface area contributed by atoms with Gasteiger partial charge in [0.05, 0.1) is 60.0 Å². The normalized spacial score (nSPS) is 25.6. The molecule has 8 amide bonds. The first-order chi connectivity index (χ1) is 62.3. The number of primary amides is 1. The van der Waals surface area contributed by atoms with E-state index in [4.69, 9.17) is 57.4 Å². The number of carbonyl (C=O) groups is 10. The van der Waals surface area contributed by atoms with Gasteiger partial charge in [0, 0.05) is 48.2 Å². The molecule has 43 nitrogen and oxygen atoms in total. The van der Waals surface area contributed by atoms with Gasteiger partial charge in [0.2, 0.25) is 59.3 Å². The molecule has 5 aromatic rings. The Kier molecular flexibility index (Phi) is 35.9. The third kappa shape index (κ3) is 25.4. The number of phenols is 3. The summed E-state index contributed by atoms with van der Waals surface area (Å²) in [6, 6.07) is -3.73. The molecular weight excluding hydrogens is 1820 g/mol. The number of phenolic OH excluding ortho intramolecular Hbond substituents is 3. The van der Waals surface area contributed by atoms with Crippen LogP contribution in [-0.4, -0.2) is 259 Å². The number of hydrogen-bond donors (Lipinski definition) is 24. The fourth-order valence-corrected chi connectivity index (χ4v) is 19.2. The molecule has 724 valence electrons. The largest absolute Gasteiger partial charge is 0.507 e. The lowest BCUT2D eigenvalue weighted by Gasteiger charge is -2.48. The van der Waals surface area contributed by atoms with E-state index in [-0.39, 0.29) is 30.6 Å². The molecule has 7 heterocycles. The number of ether oxygens (including phenoxy) is 6. The molecule has 0 aliphatic carbocycles. The summed E-state index contributed by atoms with van der Waals surface area (Å²) in [5, 5.41) is 140. The smallest absolute Gasteiger partial charge is 0.340 e. The second-order valence-corrected chi connectivity index (χ2v) is 38.5. The van der Waals surface area contributed by atoms with Crippen molar-refractivity contribution in [2.75, 3.05) is 39.8 Å². The van der Waals surface area contributed by atoms with Gasteiger partial charge in [0.25, 0.3) is 0 Å². The van der Waals surface area contributed by atoms with Crippen molar-refractivity contribution >= 4 is 97.9 Å². The number of likely N-dealkylation sites (N-methyl/N-ethyl adjacent to an activating group) is 1. The first kappa shape index (κ1) is 104. The summed E-state index contributed by atoms with van der Waals surface area (Å²) in [6.07, 6.45) is -12.5. The maximum Gasteiger partial charge on any atom is 0.340 e. The monoisotopic (exact) mass is 1930 g/mol. The van der Waals surface area contributed by atoms with E-state index >= 15 is 24.0 Å². The number of amides is 8. The van der Waals surface area contributed by atoms with E-state index in [0.29, 0.717) is 24.1 Å². The number of carboxylic acids is 1. The number of aliphatic carboxylic acids is 1. The highest BCUT2D eigenvalue weighted by Crippen LogP contribution is 2.62. The maximum absolute atomic E-state index is 16.5. The van der Waals surface area contributed by atoms with Crippen LogP contribution in [-0.2, 0) is 77.8 Å². The highest BCUT2D eigenvalue weighted by Gasteiger charge is 2.53. The SMILES string of the molecule is CCCCCCCCCCNCCNC1(C)CC(OC2C(Oc3c4cc5cc3Oc3ccc(cc3Cl)[C@H](O)C(NC(=O)C(CC(C)C)NC)C(=O)NC(CC(N)=O)C(=O)NC5C(=O)NC3C(=O)NC(C(=O)N[C@@H](C(=O)O)c5cc(O)c(CN(CC=O)C(=O)CCC(P(=O)(O)O)P(=O)(O)O)c(O)c5-c5cc3ccc5O)[C@H](O)c3ccc(c(Cl)c3)O4)OC(CO)C(O)C2O)OC(C)C1O. The van der Waals surface area contributed by atoms with Gasteiger partial charge in [-0.25, -0.2) is 4.79 Å². The van der Waals surface area contributed by atoms with Crippen molar-refractivity contribution < 1.29 is 156 Å². The molecule has 18 atom stereocenters. The van der Waals surface area contributed by atoms with Crippen molar-refractivity contribution in [3.05, 3.63) is 116 Å². The third-order valence-corrected chi connectivity index (χ3v) is 27.9. The molecule has 0 spiro atoms. The molecule has 2 fully saturated rings. The van der Waals surface area contributed by atoms with E-state index in [9.17, 15) is 104 Å². The van der Waals surface area contributed by atoms with Gasteiger partial charge in [-0.2, -0.15) is 0 Å². The predicted molar refractivity (Wildman–Crippen MR) is 467 cm³/mol. The van der Waals surface area contributed by atoms with Gasteiger partial charge in [-0.3, -0.25) is 47.5 Å². The summed E-state index contributed by atoms with van der Waals surface area (Å²) in [4.78, 5) is 186. The average Bonchev–Trinajstić information content (AvgIpc) is 0.750. The molecule has 7 aliphatic rings. The number of aromatic hydroxyl groups is 3. The summed E-state index contributed by atoms with van der Waals surface area (Å²) in [7, 11) is -9.89. The molecule has 0 aromatic heterocycles. The molecule has 47 heteroatoms. The zero-order chi connectivity index (χ0) is 96.9. The first-order valence-corrected chi connectivity index (χ1v) is 46.9. The van der Waals surface area contributed by atoms with Gasteiger partial charge < -0.3 is 162 Å². The standard InChI is InChI=1S/C85H113Cl2N11O32P2/c1-7-8-9-10-11-12-13-14-23-90-24-25-91-85(5)36-61(125-40(4)76(85)110)129-75-73(109)72(108)58(38-100)128-84(75)130-74-56-32-44-33-57(74)127-55-20-17-43(31-49(55)87)70(106)68-82(116)95-66(83(117)118)46-34-53(102)47(37-98(26-27-99)60(104)21-22-62(131(119,120)121)132(122,123)124)71(107)63(46)45-29-41(15-18-52(45)101)64(79(113)97-68)94-80(114)65(44)93-78(112)51(35-59(88)103)92-81(115)67(96-77(111)50(89-6)28-39(2)3)69(105)42-16-19-54(126-56)48(86)30-42/h15-20,27,29-34,39-40,50-51,58,61-62,64-70,72-73,75-76,84,89-91,100-102,105-110H,7-14,21-26,28,35-38H2,1-6H3,(H2,88,103)(H,92,115)(H,93,112)(H,94,114)(H,95,116)(H,96,111)(H,97,113)(H,117,118)(H2,119,120,121)(H2,122,123,124)/t40?,50?,51?,58?,61?,64?,65?,66-,67?,68?,69+,70-,72?,73?,75?,76?,84?,85?/m1/s1. The number of nitrogens with two attached hydrogens (primary N) is 1. The minimum atomic E-state index is -5.67.